The summed E-state index contributed by atoms with van der Waals surface area (Å²) in [6, 6.07) is 2.09. The van der Waals surface area contributed by atoms with Gasteiger partial charge in [-0.1, -0.05) is 19.8 Å². The molecule has 1 aromatic rings. The highest BCUT2D eigenvalue weighted by Crippen LogP contribution is 2.28. The smallest absolute Gasteiger partial charge is 0.307 e. The molecular formula is C13H20N2O4S. The van der Waals surface area contributed by atoms with E-state index in [0.717, 1.165) is 12.8 Å². The Kier molecular flexibility index (Phi) is 4.47. The first-order chi connectivity index (χ1) is 9.37. The third-order valence-corrected chi connectivity index (χ3v) is 5.40. The highest BCUT2D eigenvalue weighted by molar-refractivity contribution is 7.90. The number of nitrogens with zero attached hydrogens (tertiary/aromatic N) is 2. The Hall–Kier alpha value is -1.37. The van der Waals surface area contributed by atoms with Crippen molar-refractivity contribution >= 4 is 15.8 Å². The minimum atomic E-state index is -3.45. The van der Waals surface area contributed by atoms with Gasteiger partial charge in [0.25, 0.3) is 0 Å². The van der Waals surface area contributed by atoms with E-state index in [9.17, 15) is 13.2 Å². The number of hydrogen-bond donors (Lipinski definition) is 1. The Balaban J connectivity index is 2.00. The Morgan fingerprint density at radius 3 is 2.75 bits per heavy atom. The number of sulfone groups is 1. The Morgan fingerprint density at radius 1 is 1.50 bits per heavy atom. The van der Waals surface area contributed by atoms with E-state index in [0.29, 0.717) is 11.7 Å². The van der Waals surface area contributed by atoms with Gasteiger partial charge in [0.1, 0.15) is 0 Å². The first-order valence-electron chi connectivity index (χ1n) is 6.84. The summed E-state index contributed by atoms with van der Waals surface area (Å²) >= 11 is 0. The minimum Gasteiger partial charge on any atom is -0.481 e. The Bertz CT molecular complexity index is 573. The van der Waals surface area contributed by atoms with E-state index in [4.69, 9.17) is 5.11 Å². The maximum atomic E-state index is 11.9. The molecule has 1 heterocycles. The second-order valence-electron chi connectivity index (χ2n) is 5.52. The number of carboxylic acids is 1. The zero-order valence-electron chi connectivity index (χ0n) is 11.5. The molecule has 20 heavy (non-hydrogen) atoms. The summed E-state index contributed by atoms with van der Waals surface area (Å²) < 4.78 is 25.7. The van der Waals surface area contributed by atoms with Gasteiger partial charge in [0.05, 0.1) is 29.2 Å². The van der Waals surface area contributed by atoms with E-state index in [2.05, 4.69) is 5.10 Å². The molecule has 1 atom stereocenters. The normalized spacial score (nSPS) is 18.2. The van der Waals surface area contributed by atoms with Gasteiger partial charge in [-0.05, 0) is 18.9 Å². The minimum absolute atomic E-state index is 0.190. The van der Waals surface area contributed by atoms with E-state index >= 15 is 0 Å². The number of carbonyl (C=O) groups is 1. The zero-order valence-corrected chi connectivity index (χ0v) is 12.3. The van der Waals surface area contributed by atoms with Crippen LogP contribution in [0.2, 0.25) is 0 Å². The molecule has 1 unspecified atom stereocenters. The van der Waals surface area contributed by atoms with Crippen molar-refractivity contribution in [2.75, 3.05) is 5.75 Å². The maximum Gasteiger partial charge on any atom is 0.307 e. The molecule has 1 aliphatic carbocycles. The van der Waals surface area contributed by atoms with Gasteiger partial charge in [0.2, 0.25) is 0 Å². The third-order valence-electron chi connectivity index (χ3n) is 3.66. The van der Waals surface area contributed by atoms with Gasteiger partial charge < -0.3 is 5.11 Å². The maximum absolute atomic E-state index is 11.9. The predicted molar refractivity (Wildman–Crippen MR) is 74.0 cm³/mol. The van der Waals surface area contributed by atoms with Crippen LogP contribution in [-0.2, 0) is 20.4 Å². The molecule has 0 aliphatic heterocycles. The topological polar surface area (TPSA) is 89.3 Å². The lowest BCUT2D eigenvalue weighted by molar-refractivity contribution is -0.140. The fourth-order valence-electron chi connectivity index (χ4n) is 2.56. The summed E-state index contributed by atoms with van der Waals surface area (Å²) in [7, 11) is -3.45. The summed E-state index contributed by atoms with van der Waals surface area (Å²) in [5.74, 6) is -2.52. The standard InChI is InChI=1S/C13H20N2O4S/c1-10(13(16)17)8-20(18,19)9-11-6-7-15(14-11)12-4-2-3-5-12/h6-7,10,12H,2-5,8-9H2,1H3,(H,16,17). The largest absolute Gasteiger partial charge is 0.481 e. The lowest BCUT2D eigenvalue weighted by atomic mass is 10.2. The lowest BCUT2D eigenvalue weighted by Crippen LogP contribution is -2.22. The summed E-state index contributed by atoms with van der Waals surface area (Å²) in [6.45, 7) is 1.40. The van der Waals surface area contributed by atoms with Crippen LogP contribution >= 0.6 is 0 Å². The SMILES string of the molecule is CC(CS(=O)(=O)Cc1ccn(C2CCCC2)n1)C(=O)O. The van der Waals surface area contributed by atoms with Crippen LogP contribution in [-0.4, -0.2) is 35.0 Å². The van der Waals surface area contributed by atoms with Crippen molar-refractivity contribution < 1.29 is 18.3 Å². The van der Waals surface area contributed by atoms with Crippen molar-refractivity contribution in [2.45, 2.75) is 44.4 Å². The number of aromatic nitrogens is 2. The fourth-order valence-corrected chi connectivity index (χ4v) is 4.19. The molecule has 0 radical (unpaired) electrons. The second kappa shape index (κ2) is 5.95. The molecule has 7 heteroatoms. The summed E-state index contributed by atoms with van der Waals surface area (Å²) in [5, 5.41) is 13.1. The molecule has 6 nitrogen and oxygen atoms in total. The first kappa shape index (κ1) is 15.0. The van der Waals surface area contributed by atoms with Crippen LogP contribution < -0.4 is 0 Å². The van der Waals surface area contributed by atoms with Crippen molar-refractivity contribution in [1.29, 1.82) is 0 Å². The molecule has 1 fully saturated rings. The van der Waals surface area contributed by atoms with Gasteiger partial charge in [0.15, 0.2) is 9.84 Å². The number of hydrogen-bond acceptors (Lipinski definition) is 4. The molecule has 1 aliphatic rings. The molecule has 112 valence electrons. The monoisotopic (exact) mass is 300 g/mol. The van der Waals surface area contributed by atoms with Crippen molar-refractivity contribution in [3.63, 3.8) is 0 Å². The van der Waals surface area contributed by atoms with Gasteiger partial charge in [-0.25, -0.2) is 8.42 Å². The van der Waals surface area contributed by atoms with Gasteiger partial charge in [-0.2, -0.15) is 5.10 Å². The van der Waals surface area contributed by atoms with Crippen LogP contribution in [0.5, 0.6) is 0 Å². The molecule has 0 bridgehead atoms. The van der Waals surface area contributed by atoms with Gasteiger partial charge in [0, 0.05) is 6.20 Å². The zero-order chi connectivity index (χ0) is 14.8. The van der Waals surface area contributed by atoms with Crippen molar-refractivity contribution in [1.82, 2.24) is 9.78 Å². The fraction of sp³-hybridized carbons (Fsp3) is 0.692. The van der Waals surface area contributed by atoms with E-state index in [1.807, 2.05) is 10.9 Å². The average molecular weight is 300 g/mol. The molecular weight excluding hydrogens is 280 g/mol. The van der Waals surface area contributed by atoms with Gasteiger partial charge >= 0.3 is 5.97 Å². The summed E-state index contributed by atoms with van der Waals surface area (Å²) in [6.07, 6.45) is 6.37. The highest BCUT2D eigenvalue weighted by Gasteiger charge is 2.23. The first-order valence-corrected chi connectivity index (χ1v) is 8.67. The number of rotatable bonds is 6. The van der Waals surface area contributed by atoms with Crippen LogP contribution in [0.1, 0.15) is 44.3 Å². The summed E-state index contributed by atoms with van der Waals surface area (Å²) in [5.41, 5.74) is 0.495. The predicted octanol–water partition coefficient (Wildman–Crippen LogP) is 1.63. The molecule has 1 aromatic heterocycles. The van der Waals surface area contributed by atoms with Crippen LogP contribution in [0.4, 0.5) is 0 Å². The van der Waals surface area contributed by atoms with Crippen LogP contribution in [0, 0.1) is 5.92 Å². The van der Waals surface area contributed by atoms with E-state index < -0.39 is 21.7 Å². The van der Waals surface area contributed by atoms with Crippen LogP contribution in [0.15, 0.2) is 12.3 Å². The summed E-state index contributed by atoms with van der Waals surface area (Å²) in [4.78, 5) is 10.7. The van der Waals surface area contributed by atoms with E-state index in [1.54, 1.807) is 6.07 Å². The third kappa shape index (κ3) is 3.82. The second-order valence-corrected chi connectivity index (χ2v) is 7.63. The van der Waals surface area contributed by atoms with E-state index in [1.165, 1.54) is 19.8 Å². The van der Waals surface area contributed by atoms with Crippen LogP contribution in [0.25, 0.3) is 0 Å². The average Bonchev–Trinajstić information content (AvgIpc) is 2.97. The lowest BCUT2D eigenvalue weighted by Gasteiger charge is -2.09. The van der Waals surface area contributed by atoms with Gasteiger partial charge in [-0.15, -0.1) is 0 Å². The molecule has 0 saturated heterocycles. The molecule has 0 amide bonds. The van der Waals surface area contributed by atoms with Crippen molar-refractivity contribution in [2.24, 2.45) is 5.92 Å². The Labute approximate surface area is 118 Å². The number of carboxylic acid groups (broad SMARTS) is 1. The molecule has 1 N–H and O–H groups in total. The molecule has 2 rings (SSSR count). The molecule has 0 aromatic carbocycles. The van der Waals surface area contributed by atoms with Crippen LogP contribution in [0.3, 0.4) is 0 Å². The van der Waals surface area contributed by atoms with Crippen molar-refractivity contribution in [3.8, 4) is 0 Å². The quantitative estimate of drug-likeness (QED) is 0.862. The van der Waals surface area contributed by atoms with Crippen molar-refractivity contribution in [3.05, 3.63) is 18.0 Å². The number of aliphatic carboxylic acids is 1. The molecule has 1 saturated carbocycles. The molecule has 0 spiro atoms. The highest BCUT2D eigenvalue weighted by atomic mass is 32.2. The van der Waals surface area contributed by atoms with E-state index in [-0.39, 0.29) is 11.5 Å². The Morgan fingerprint density at radius 2 is 2.15 bits per heavy atom. The van der Waals surface area contributed by atoms with Gasteiger partial charge in [-0.3, -0.25) is 9.48 Å².